The SMILES string of the molecule is O=C(O)/C=C/c1cn(Cc2ccccc2)nc1-c1cccnc1. The van der Waals surface area contributed by atoms with E-state index in [0.717, 1.165) is 22.8 Å². The number of carboxylic acid groups (broad SMARTS) is 1. The molecule has 1 N–H and O–H groups in total. The minimum absolute atomic E-state index is 0.620. The summed E-state index contributed by atoms with van der Waals surface area (Å²) < 4.78 is 1.80. The summed E-state index contributed by atoms with van der Waals surface area (Å²) in [5.41, 5.74) is 3.44. The highest BCUT2D eigenvalue weighted by Gasteiger charge is 2.10. The number of aliphatic carboxylic acids is 1. The van der Waals surface area contributed by atoms with E-state index in [1.807, 2.05) is 48.7 Å². The largest absolute Gasteiger partial charge is 0.478 e. The van der Waals surface area contributed by atoms with Crippen LogP contribution in [0.3, 0.4) is 0 Å². The van der Waals surface area contributed by atoms with Crippen molar-refractivity contribution in [3.05, 3.63) is 78.3 Å². The zero-order valence-electron chi connectivity index (χ0n) is 12.3. The van der Waals surface area contributed by atoms with E-state index in [2.05, 4.69) is 10.1 Å². The van der Waals surface area contributed by atoms with E-state index in [1.54, 1.807) is 23.2 Å². The Labute approximate surface area is 133 Å². The number of rotatable bonds is 5. The fourth-order valence-corrected chi connectivity index (χ4v) is 2.30. The first kappa shape index (κ1) is 14.7. The first-order chi connectivity index (χ1) is 11.2. The van der Waals surface area contributed by atoms with Gasteiger partial charge in [-0.15, -0.1) is 0 Å². The first-order valence-electron chi connectivity index (χ1n) is 7.15. The molecular formula is C18H15N3O2. The van der Waals surface area contributed by atoms with Gasteiger partial charge in [0.2, 0.25) is 0 Å². The Hall–Kier alpha value is -3.21. The predicted octanol–water partition coefficient (Wildman–Crippen LogP) is 3.09. The Bertz CT molecular complexity index is 824. The normalized spacial score (nSPS) is 11.0. The van der Waals surface area contributed by atoms with E-state index < -0.39 is 5.97 Å². The smallest absolute Gasteiger partial charge is 0.328 e. The number of carboxylic acids is 1. The molecule has 3 rings (SSSR count). The Kier molecular flexibility index (Phi) is 4.29. The molecule has 0 spiro atoms. The standard InChI is InChI=1S/C18H15N3O2/c22-17(23)9-8-16-13-21(12-14-5-2-1-3-6-14)20-18(16)15-7-4-10-19-11-15/h1-11,13H,12H2,(H,22,23)/b9-8+. The van der Waals surface area contributed by atoms with Crippen molar-refractivity contribution in [3.8, 4) is 11.3 Å². The maximum absolute atomic E-state index is 10.8. The maximum atomic E-state index is 10.8. The van der Waals surface area contributed by atoms with Gasteiger partial charge in [0, 0.05) is 35.8 Å². The highest BCUT2D eigenvalue weighted by atomic mass is 16.4. The van der Waals surface area contributed by atoms with Crippen LogP contribution in [0, 0.1) is 0 Å². The second-order valence-corrected chi connectivity index (χ2v) is 5.03. The molecule has 5 heteroatoms. The highest BCUT2D eigenvalue weighted by Crippen LogP contribution is 2.22. The highest BCUT2D eigenvalue weighted by molar-refractivity contribution is 5.87. The zero-order valence-corrected chi connectivity index (χ0v) is 12.3. The molecule has 0 fully saturated rings. The zero-order chi connectivity index (χ0) is 16.1. The van der Waals surface area contributed by atoms with Crippen molar-refractivity contribution in [3.63, 3.8) is 0 Å². The summed E-state index contributed by atoms with van der Waals surface area (Å²) in [6.45, 7) is 0.620. The molecule has 0 saturated carbocycles. The van der Waals surface area contributed by atoms with E-state index in [9.17, 15) is 4.79 Å². The minimum atomic E-state index is -0.988. The number of carbonyl (C=O) groups is 1. The second-order valence-electron chi connectivity index (χ2n) is 5.03. The van der Waals surface area contributed by atoms with Crippen molar-refractivity contribution < 1.29 is 9.90 Å². The lowest BCUT2D eigenvalue weighted by atomic mass is 10.1. The van der Waals surface area contributed by atoms with Crippen molar-refractivity contribution in [2.75, 3.05) is 0 Å². The van der Waals surface area contributed by atoms with Gasteiger partial charge in [-0.1, -0.05) is 30.3 Å². The molecule has 5 nitrogen and oxygen atoms in total. The van der Waals surface area contributed by atoms with Crippen molar-refractivity contribution in [2.24, 2.45) is 0 Å². The molecular weight excluding hydrogens is 290 g/mol. The molecule has 23 heavy (non-hydrogen) atoms. The molecule has 2 aromatic heterocycles. The average molecular weight is 305 g/mol. The summed E-state index contributed by atoms with van der Waals surface area (Å²) in [7, 11) is 0. The predicted molar refractivity (Wildman–Crippen MR) is 87.7 cm³/mol. The topological polar surface area (TPSA) is 68.0 Å². The molecule has 0 radical (unpaired) electrons. The van der Waals surface area contributed by atoms with Gasteiger partial charge in [-0.3, -0.25) is 9.67 Å². The Balaban J connectivity index is 1.98. The molecule has 1 aromatic carbocycles. The molecule has 3 aromatic rings. The minimum Gasteiger partial charge on any atom is -0.478 e. The van der Waals surface area contributed by atoms with Gasteiger partial charge in [0.1, 0.15) is 5.69 Å². The van der Waals surface area contributed by atoms with Crippen LogP contribution >= 0.6 is 0 Å². The monoisotopic (exact) mass is 305 g/mol. The fourth-order valence-electron chi connectivity index (χ4n) is 2.30. The van der Waals surface area contributed by atoms with Gasteiger partial charge in [0.25, 0.3) is 0 Å². The van der Waals surface area contributed by atoms with E-state index >= 15 is 0 Å². The fraction of sp³-hybridized carbons (Fsp3) is 0.0556. The van der Waals surface area contributed by atoms with Crippen molar-refractivity contribution in [2.45, 2.75) is 6.54 Å². The summed E-state index contributed by atoms with van der Waals surface area (Å²) >= 11 is 0. The number of hydrogen-bond acceptors (Lipinski definition) is 3. The van der Waals surface area contributed by atoms with Crippen LogP contribution in [0.1, 0.15) is 11.1 Å². The molecule has 0 saturated heterocycles. The van der Waals surface area contributed by atoms with Crippen LogP contribution in [0.5, 0.6) is 0 Å². The number of benzene rings is 1. The van der Waals surface area contributed by atoms with Crippen LogP contribution in [0.2, 0.25) is 0 Å². The van der Waals surface area contributed by atoms with Gasteiger partial charge in [0.15, 0.2) is 0 Å². The molecule has 0 aliphatic rings. The summed E-state index contributed by atoms with van der Waals surface area (Å²) in [6.07, 6.45) is 7.92. The molecule has 0 atom stereocenters. The average Bonchev–Trinajstić information content (AvgIpc) is 2.97. The third-order valence-electron chi connectivity index (χ3n) is 3.32. The van der Waals surface area contributed by atoms with E-state index in [1.165, 1.54) is 0 Å². The number of nitrogens with zero attached hydrogens (tertiary/aromatic N) is 3. The summed E-state index contributed by atoms with van der Waals surface area (Å²) in [4.78, 5) is 14.9. The molecule has 0 bridgehead atoms. The van der Waals surface area contributed by atoms with Gasteiger partial charge in [-0.25, -0.2) is 4.79 Å². The van der Waals surface area contributed by atoms with E-state index in [0.29, 0.717) is 12.2 Å². The van der Waals surface area contributed by atoms with Gasteiger partial charge in [-0.2, -0.15) is 5.10 Å². The van der Waals surface area contributed by atoms with E-state index in [4.69, 9.17) is 5.11 Å². The van der Waals surface area contributed by atoms with Gasteiger partial charge in [0.05, 0.1) is 6.54 Å². The second kappa shape index (κ2) is 6.70. The molecule has 0 amide bonds. The maximum Gasteiger partial charge on any atom is 0.328 e. The first-order valence-corrected chi connectivity index (χ1v) is 7.15. The van der Waals surface area contributed by atoms with Crippen molar-refractivity contribution >= 4 is 12.0 Å². The third-order valence-corrected chi connectivity index (χ3v) is 3.32. The lowest BCUT2D eigenvalue weighted by Crippen LogP contribution is -2.00. The molecule has 114 valence electrons. The summed E-state index contributed by atoms with van der Waals surface area (Å²) in [5, 5.41) is 13.4. The molecule has 2 heterocycles. The molecule has 0 aliphatic heterocycles. The third kappa shape index (κ3) is 3.71. The van der Waals surface area contributed by atoms with Crippen LogP contribution < -0.4 is 0 Å². The molecule has 0 unspecified atom stereocenters. The van der Waals surface area contributed by atoms with Gasteiger partial charge >= 0.3 is 5.97 Å². The molecule has 0 aliphatic carbocycles. The number of hydrogen-bond donors (Lipinski definition) is 1. The van der Waals surface area contributed by atoms with Crippen LogP contribution in [0.25, 0.3) is 17.3 Å². The van der Waals surface area contributed by atoms with Crippen LogP contribution in [0.15, 0.2) is 67.1 Å². The van der Waals surface area contributed by atoms with Crippen LogP contribution in [-0.4, -0.2) is 25.8 Å². The lowest BCUT2D eigenvalue weighted by Gasteiger charge is -2.01. The van der Waals surface area contributed by atoms with E-state index in [-0.39, 0.29) is 0 Å². The van der Waals surface area contributed by atoms with Crippen molar-refractivity contribution in [1.82, 2.24) is 14.8 Å². The number of aromatic nitrogens is 3. The Morgan fingerprint density at radius 3 is 2.70 bits per heavy atom. The van der Waals surface area contributed by atoms with Crippen LogP contribution in [-0.2, 0) is 11.3 Å². The Morgan fingerprint density at radius 2 is 2.00 bits per heavy atom. The quantitative estimate of drug-likeness (QED) is 0.735. The summed E-state index contributed by atoms with van der Waals surface area (Å²) in [5.74, 6) is -0.988. The Morgan fingerprint density at radius 1 is 1.17 bits per heavy atom. The number of pyridine rings is 1. The lowest BCUT2D eigenvalue weighted by molar-refractivity contribution is -0.131. The summed E-state index contributed by atoms with van der Waals surface area (Å²) in [6, 6.07) is 13.7. The van der Waals surface area contributed by atoms with Gasteiger partial charge in [-0.05, 0) is 23.8 Å². The van der Waals surface area contributed by atoms with Crippen molar-refractivity contribution in [1.29, 1.82) is 0 Å². The van der Waals surface area contributed by atoms with Crippen LogP contribution in [0.4, 0.5) is 0 Å². The van der Waals surface area contributed by atoms with Gasteiger partial charge < -0.3 is 5.11 Å².